The number of aromatic hydroxyl groups is 3. The van der Waals surface area contributed by atoms with E-state index in [9.17, 15) is 60.3 Å². The molecule has 8 amide bonds. The lowest BCUT2D eigenvalue weighted by Gasteiger charge is -2.47. The minimum Gasteiger partial charge on any atom is -0.508 e. The van der Waals surface area contributed by atoms with Crippen molar-refractivity contribution in [2.75, 3.05) is 13.7 Å². The highest BCUT2D eigenvalue weighted by Crippen LogP contribution is 2.50. The molecule has 7 heterocycles. The number of aliphatic hydroxyl groups excluding tert-OH is 6. The first-order chi connectivity index (χ1) is 54.6. The fourth-order valence-electron chi connectivity index (χ4n) is 14.3. The second-order valence-corrected chi connectivity index (χ2v) is 30.5. The van der Waals surface area contributed by atoms with E-state index >= 15 is 24.0 Å². The fraction of sp³-hybridized carbons (Fsp3) is 0.367. The third-order valence-corrected chi connectivity index (χ3v) is 21.2. The molecule has 2 saturated heterocycles. The largest absolute Gasteiger partial charge is 0.508 e. The number of rotatable bonds is 16. The molecule has 18 atom stereocenters. The maximum absolute atomic E-state index is 16.3. The molecule has 33 nitrogen and oxygen atoms in total. The Balaban J connectivity index is 1.05. The molecule has 0 spiro atoms. The SMILES string of the molecule is CN[C@H](CC(C)C)C(=O)N[C@H]1C(=O)N[C@@H](CC(N)=O)C(=O)N[C@H]2C(=O)N[C@H]3C(=O)N[C@H](C(=O)N[C@H](C(=O)NCc4ccc(-c5ccc(Cl)cc5)cc4)c4cc(O)cc(O)c4-c4cc3ccc4O)[C@H](O)c3ccc(c(Cl)c3)Oc3cc2cc(c3O[C@@H]2O[C@H](CO)[C@@H](O)[C@H](O)[C@H]2O[C@H]2C[C@](C)(N)[C@H](O)[C@H](C)O2)Oc2ccc(cc2Cl)[C@H]1O. The fourth-order valence-corrected chi connectivity index (χ4v) is 14.8. The van der Waals surface area contributed by atoms with Crippen molar-refractivity contribution in [1.29, 1.82) is 0 Å². The van der Waals surface area contributed by atoms with Crippen LogP contribution in [0.25, 0.3) is 22.3 Å². The number of fused-ring (bicyclic) bond motifs is 15. The van der Waals surface area contributed by atoms with Crippen molar-refractivity contribution in [1.82, 2.24) is 42.5 Å². The molecule has 7 aromatic carbocycles. The smallest absolute Gasteiger partial charge is 0.248 e. The van der Waals surface area contributed by atoms with Gasteiger partial charge >= 0.3 is 0 Å². The minimum absolute atomic E-state index is 0.102. The van der Waals surface area contributed by atoms with Gasteiger partial charge in [-0.15, -0.1) is 0 Å². The lowest BCUT2D eigenvalue weighted by molar-refractivity contribution is -0.333. The number of phenols is 3. The van der Waals surface area contributed by atoms with E-state index in [-0.39, 0.29) is 64.1 Å². The average molecular weight is 1650 g/mol. The molecular formula is C79H85Cl3N10O23. The van der Waals surface area contributed by atoms with Gasteiger partial charge in [-0.1, -0.05) is 103 Å². The van der Waals surface area contributed by atoms with Crippen molar-refractivity contribution in [2.24, 2.45) is 17.4 Å². The molecule has 2 fully saturated rings. The van der Waals surface area contributed by atoms with E-state index in [0.29, 0.717) is 10.6 Å². The predicted molar refractivity (Wildman–Crippen MR) is 410 cm³/mol. The van der Waals surface area contributed by atoms with Crippen molar-refractivity contribution in [3.05, 3.63) is 176 Å². The number of amides is 8. The summed E-state index contributed by atoms with van der Waals surface area (Å²) in [6, 6.07) is 14.3. The van der Waals surface area contributed by atoms with Crippen LogP contribution in [0.15, 0.2) is 127 Å². The summed E-state index contributed by atoms with van der Waals surface area (Å²) in [6.07, 6.45) is -18.6. The quantitative estimate of drug-likeness (QED) is 0.0656. The lowest BCUT2D eigenvalue weighted by Crippen LogP contribution is -2.64. The number of ether oxygens (including phenoxy) is 6. The number of benzene rings is 7. The first-order valence-corrected chi connectivity index (χ1v) is 37.6. The molecule has 21 N–H and O–H groups in total. The molecule has 36 heteroatoms. The number of likely N-dealkylation sites (N-methyl/N-ethyl adjacent to an activating group) is 1. The van der Waals surface area contributed by atoms with Crippen molar-refractivity contribution >= 4 is 82.1 Å². The van der Waals surface area contributed by atoms with Crippen LogP contribution in [0.3, 0.4) is 0 Å². The predicted octanol–water partition coefficient (Wildman–Crippen LogP) is 3.66. The molecule has 11 bridgehead atoms. The second kappa shape index (κ2) is 34.9. The standard InChI is InChI=1S/C79H85Cl3N10O23/c1-32(2)20-47(85-5)71(103)91-62-64(98)38-13-18-51(45(81)22-38)111-53-24-40-25-54(68(53)115-78-69(67(101)66(100)55(31-93)113-78)114-57-29-79(4,84)70(102)33(3)110-57)112-52-19-14-39(23-46(52)82)65(99)63-77(109)90-61(73(105)86-30-34-6-8-35(9-7-34)36-10-15-41(80)16-11-36)44-26-42(94)27-50(96)58(44)43-21-37(12-17-49(43)95)59(74(106)92-63)89-75(107)60(40)88-72(104)48(28-56(83)97)87-76(62)108/h6-19,21-27,32-33,47-48,55,57,59-67,69-70,78,85,93-96,98-102H,20,28-31,84H2,1-5H3,(H2,83,97)(H,86,105)(H,87,108)(H,88,104)(H,89,107)(H,90,109)(H,91,103)(H,92,106)/t33-,47+,48-,55+,57-,59+,60+,61-,62+,63-,64+,65+,66+,67-,69+,70+,78-,79-/m0/s1. The van der Waals surface area contributed by atoms with Crippen molar-refractivity contribution in [3.8, 4) is 68.2 Å². The number of nitrogens with one attached hydrogen (secondary N) is 8. The van der Waals surface area contributed by atoms with Crippen LogP contribution < -0.4 is 68.2 Å². The number of halogens is 3. The summed E-state index contributed by atoms with van der Waals surface area (Å²) < 4.78 is 38.7. The lowest BCUT2D eigenvalue weighted by atomic mass is 9.86. The van der Waals surface area contributed by atoms with Crippen LogP contribution in [-0.2, 0) is 59.1 Å². The second-order valence-electron chi connectivity index (χ2n) is 29.3. The molecule has 0 aromatic heterocycles. The van der Waals surface area contributed by atoms with Crippen molar-refractivity contribution in [2.45, 2.75) is 163 Å². The zero-order chi connectivity index (χ0) is 82.9. The first kappa shape index (κ1) is 83.9. The third-order valence-electron chi connectivity index (χ3n) is 20.4. The number of aliphatic hydroxyl groups is 6. The number of nitrogens with two attached hydrogens (primary N) is 2. The molecule has 0 aliphatic carbocycles. The molecule has 115 heavy (non-hydrogen) atoms. The monoisotopic (exact) mass is 1650 g/mol. The Kier molecular flexibility index (Phi) is 25.5. The van der Waals surface area contributed by atoms with Gasteiger partial charge in [0.05, 0.1) is 41.3 Å². The van der Waals surface area contributed by atoms with Gasteiger partial charge < -0.3 is 128 Å². The van der Waals surface area contributed by atoms with Gasteiger partial charge in [0.15, 0.2) is 23.9 Å². The van der Waals surface area contributed by atoms with Crippen molar-refractivity contribution < 1.29 is 113 Å². The Morgan fingerprint density at radius 3 is 1.86 bits per heavy atom. The highest BCUT2D eigenvalue weighted by molar-refractivity contribution is 6.32. The first-order valence-electron chi connectivity index (χ1n) is 36.4. The van der Waals surface area contributed by atoms with Gasteiger partial charge in [-0.25, -0.2) is 0 Å². The van der Waals surface area contributed by atoms with E-state index < -0.39 is 226 Å². The Morgan fingerprint density at radius 1 is 0.661 bits per heavy atom. The maximum atomic E-state index is 16.3. The van der Waals surface area contributed by atoms with Crippen LogP contribution in [0.4, 0.5) is 0 Å². The Bertz CT molecular complexity index is 4890. The van der Waals surface area contributed by atoms with Gasteiger partial charge in [-0.05, 0) is 144 Å². The van der Waals surface area contributed by atoms with Crippen LogP contribution >= 0.6 is 34.8 Å². The van der Waals surface area contributed by atoms with Gasteiger partial charge in [0.1, 0.15) is 95.5 Å². The van der Waals surface area contributed by atoms with E-state index in [4.69, 9.17) is 74.7 Å². The van der Waals surface area contributed by atoms with Crippen LogP contribution in [0.2, 0.25) is 15.1 Å². The normalized spacial score (nSPS) is 27.2. The molecule has 14 rings (SSSR count). The van der Waals surface area contributed by atoms with Gasteiger partial charge in [0, 0.05) is 40.7 Å². The van der Waals surface area contributed by atoms with E-state index in [0.717, 1.165) is 71.8 Å². The van der Waals surface area contributed by atoms with Crippen LogP contribution in [0.1, 0.15) is 111 Å². The van der Waals surface area contributed by atoms with Gasteiger partial charge in [0.25, 0.3) is 0 Å². The molecule has 7 aliphatic heterocycles. The zero-order valence-electron chi connectivity index (χ0n) is 62.1. The molecule has 610 valence electrons. The highest BCUT2D eigenvalue weighted by atomic mass is 35.5. The van der Waals surface area contributed by atoms with E-state index in [1.807, 2.05) is 26.0 Å². The number of phenolic OH excluding ortho intramolecular Hbond substituents is 3. The average Bonchev–Trinajstić information content (AvgIpc) is 0.830. The van der Waals surface area contributed by atoms with E-state index in [1.165, 1.54) is 39.1 Å². The van der Waals surface area contributed by atoms with E-state index in [1.54, 1.807) is 36.4 Å². The Labute approximate surface area is 671 Å². The summed E-state index contributed by atoms with van der Waals surface area (Å²) in [5.74, 6) is -14.8. The molecule has 0 radical (unpaired) electrons. The number of carbonyl (C=O) groups is 8. The summed E-state index contributed by atoms with van der Waals surface area (Å²) in [6.45, 7) is 5.48. The molecule has 7 aromatic rings. The highest BCUT2D eigenvalue weighted by Gasteiger charge is 2.52. The molecule has 0 unspecified atom stereocenters. The molecule has 0 saturated carbocycles. The number of primary amides is 1. The Hall–Kier alpha value is -10.5. The van der Waals surface area contributed by atoms with E-state index in [2.05, 4.69) is 42.5 Å². The molecular weight excluding hydrogens is 1560 g/mol. The summed E-state index contributed by atoms with van der Waals surface area (Å²) in [5.41, 5.74) is 10.7. The van der Waals surface area contributed by atoms with Crippen LogP contribution in [0, 0.1) is 5.92 Å². The van der Waals surface area contributed by atoms with Crippen LogP contribution in [-0.4, -0.2) is 186 Å². The summed E-state index contributed by atoms with van der Waals surface area (Å²) in [4.78, 5) is 121. The van der Waals surface area contributed by atoms with Crippen LogP contribution in [0.5, 0.6) is 46.0 Å². The topological polar surface area (TPSA) is 522 Å². The minimum atomic E-state index is -2.35. The Morgan fingerprint density at radius 2 is 1.26 bits per heavy atom. The van der Waals surface area contributed by atoms with Gasteiger partial charge in [-0.2, -0.15) is 0 Å². The third kappa shape index (κ3) is 18.4. The molecule has 7 aliphatic rings. The summed E-state index contributed by atoms with van der Waals surface area (Å²) >= 11 is 20.5. The maximum Gasteiger partial charge on any atom is 0.248 e. The zero-order valence-corrected chi connectivity index (χ0v) is 64.3. The number of hydrogen-bond donors (Lipinski definition) is 19. The number of hydrogen-bond acceptors (Lipinski definition) is 25. The summed E-state index contributed by atoms with van der Waals surface area (Å²) in [7, 11) is 1.48. The van der Waals surface area contributed by atoms with Gasteiger partial charge in [0.2, 0.25) is 59.3 Å². The van der Waals surface area contributed by atoms with Gasteiger partial charge in [-0.3, -0.25) is 38.4 Å². The summed E-state index contributed by atoms with van der Waals surface area (Å²) in [5, 5.41) is 126. The van der Waals surface area contributed by atoms with Crippen molar-refractivity contribution in [3.63, 3.8) is 0 Å². The number of carbonyl (C=O) groups excluding carboxylic acids is 8.